The van der Waals surface area contributed by atoms with Crippen molar-refractivity contribution in [3.8, 4) is 0 Å². The molecule has 0 bridgehead atoms. The Bertz CT molecular complexity index is 232. The molecular weight excluding hydrogens is 176 g/mol. The molecule has 0 unspecified atom stereocenters. The number of sulfonamides is 1. The fourth-order valence-corrected chi connectivity index (χ4v) is 1.95. The van der Waals surface area contributed by atoms with Crippen LogP contribution in [0, 0.1) is 5.92 Å². The van der Waals surface area contributed by atoms with Gasteiger partial charge in [-0.1, -0.05) is 0 Å². The summed E-state index contributed by atoms with van der Waals surface area (Å²) in [6, 6.07) is 0.594. The third-order valence-corrected chi connectivity index (χ3v) is 2.97. The van der Waals surface area contributed by atoms with E-state index in [0.717, 1.165) is 12.8 Å². The van der Waals surface area contributed by atoms with Gasteiger partial charge in [0.1, 0.15) is 0 Å². The predicted molar refractivity (Wildman–Crippen MR) is 48.4 cm³/mol. The van der Waals surface area contributed by atoms with Crippen molar-refractivity contribution in [3.63, 3.8) is 0 Å². The van der Waals surface area contributed by atoms with Crippen LogP contribution in [0.1, 0.15) is 12.8 Å². The van der Waals surface area contributed by atoms with Crippen LogP contribution >= 0.6 is 0 Å². The summed E-state index contributed by atoms with van der Waals surface area (Å²) < 4.78 is 23.9. The molecule has 0 aromatic carbocycles. The van der Waals surface area contributed by atoms with Crippen LogP contribution in [-0.2, 0) is 10.0 Å². The second kappa shape index (κ2) is 3.72. The van der Waals surface area contributed by atoms with E-state index in [1.54, 1.807) is 0 Å². The van der Waals surface area contributed by atoms with Crippen molar-refractivity contribution in [2.24, 2.45) is 5.92 Å². The Morgan fingerprint density at radius 3 is 2.42 bits per heavy atom. The maximum absolute atomic E-state index is 10.7. The van der Waals surface area contributed by atoms with Gasteiger partial charge in [-0.25, -0.2) is 13.1 Å². The molecule has 12 heavy (non-hydrogen) atoms. The highest BCUT2D eigenvalue weighted by molar-refractivity contribution is 7.88. The van der Waals surface area contributed by atoms with Gasteiger partial charge in [-0.05, 0) is 25.8 Å². The Balaban J connectivity index is 2.12. The van der Waals surface area contributed by atoms with Crippen molar-refractivity contribution in [2.75, 3.05) is 19.8 Å². The molecule has 1 fully saturated rings. The highest BCUT2D eigenvalue weighted by Crippen LogP contribution is 2.26. The lowest BCUT2D eigenvalue weighted by Gasteiger charge is -2.34. The quantitative estimate of drug-likeness (QED) is 0.633. The number of rotatable bonds is 4. The molecule has 0 heterocycles. The van der Waals surface area contributed by atoms with Crippen LogP contribution in [0.5, 0.6) is 0 Å². The van der Waals surface area contributed by atoms with E-state index in [1.165, 1.54) is 6.26 Å². The van der Waals surface area contributed by atoms with Gasteiger partial charge in [0.25, 0.3) is 0 Å². The summed E-state index contributed by atoms with van der Waals surface area (Å²) in [6.45, 7) is 0.594. The standard InChI is InChI=1S/C7H16N2O2S/c1-8-7-3-6(4-7)5-9-12(2,10)11/h6-9H,3-5H2,1-2H3/t6-,7+. The van der Waals surface area contributed by atoms with Crippen molar-refractivity contribution >= 4 is 10.0 Å². The van der Waals surface area contributed by atoms with Crippen LogP contribution in [0.2, 0.25) is 0 Å². The molecule has 2 N–H and O–H groups in total. The van der Waals surface area contributed by atoms with Crippen LogP contribution in [0.4, 0.5) is 0 Å². The van der Waals surface area contributed by atoms with E-state index in [0.29, 0.717) is 18.5 Å². The molecule has 1 aliphatic carbocycles. The zero-order chi connectivity index (χ0) is 9.19. The molecule has 0 aliphatic heterocycles. The lowest BCUT2D eigenvalue weighted by molar-refractivity contribution is 0.235. The van der Waals surface area contributed by atoms with Gasteiger partial charge in [0.15, 0.2) is 0 Å². The van der Waals surface area contributed by atoms with Gasteiger partial charge in [0, 0.05) is 12.6 Å². The highest BCUT2D eigenvalue weighted by Gasteiger charge is 2.27. The third-order valence-electron chi connectivity index (χ3n) is 2.28. The molecule has 1 rings (SSSR count). The van der Waals surface area contributed by atoms with Gasteiger partial charge >= 0.3 is 0 Å². The minimum absolute atomic E-state index is 0.525. The lowest BCUT2D eigenvalue weighted by Crippen LogP contribution is -2.44. The molecular formula is C7H16N2O2S. The van der Waals surface area contributed by atoms with Crippen molar-refractivity contribution < 1.29 is 8.42 Å². The van der Waals surface area contributed by atoms with Crippen molar-refractivity contribution in [1.29, 1.82) is 0 Å². The topological polar surface area (TPSA) is 58.2 Å². The van der Waals surface area contributed by atoms with E-state index in [9.17, 15) is 8.42 Å². The fraction of sp³-hybridized carbons (Fsp3) is 1.00. The van der Waals surface area contributed by atoms with Crippen LogP contribution in [0.25, 0.3) is 0 Å². The molecule has 0 aromatic heterocycles. The molecule has 1 saturated carbocycles. The SMILES string of the molecule is CN[C@H]1C[C@@H](CNS(C)(=O)=O)C1. The summed E-state index contributed by atoms with van der Waals surface area (Å²) in [7, 11) is -1.05. The zero-order valence-electron chi connectivity index (χ0n) is 7.50. The first-order valence-electron chi connectivity index (χ1n) is 4.13. The Morgan fingerprint density at radius 1 is 1.42 bits per heavy atom. The van der Waals surface area contributed by atoms with Crippen molar-refractivity contribution in [1.82, 2.24) is 10.0 Å². The minimum Gasteiger partial charge on any atom is -0.317 e. The summed E-state index contributed by atoms with van der Waals surface area (Å²) in [6.07, 6.45) is 3.36. The second-order valence-corrected chi connectivity index (χ2v) is 5.28. The van der Waals surface area contributed by atoms with E-state index in [-0.39, 0.29) is 0 Å². The van der Waals surface area contributed by atoms with Gasteiger partial charge in [0.2, 0.25) is 10.0 Å². The van der Waals surface area contributed by atoms with Gasteiger partial charge in [-0.2, -0.15) is 0 Å². The molecule has 0 spiro atoms. The Kier molecular flexibility index (Phi) is 3.09. The van der Waals surface area contributed by atoms with Gasteiger partial charge in [-0.15, -0.1) is 0 Å². The Hall–Kier alpha value is -0.130. The summed E-state index contributed by atoms with van der Waals surface area (Å²) in [5.74, 6) is 0.525. The third kappa shape index (κ3) is 3.08. The summed E-state index contributed by atoms with van der Waals surface area (Å²) in [4.78, 5) is 0. The van der Waals surface area contributed by atoms with E-state index in [4.69, 9.17) is 0 Å². The first-order chi connectivity index (χ1) is 5.51. The second-order valence-electron chi connectivity index (χ2n) is 3.44. The zero-order valence-corrected chi connectivity index (χ0v) is 8.32. The van der Waals surface area contributed by atoms with Gasteiger partial charge in [-0.3, -0.25) is 0 Å². The molecule has 0 amide bonds. The van der Waals surface area contributed by atoms with Crippen molar-refractivity contribution in [3.05, 3.63) is 0 Å². The molecule has 0 aromatic rings. The fourth-order valence-electron chi connectivity index (χ4n) is 1.41. The minimum atomic E-state index is -2.99. The molecule has 0 radical (unpaired) electrons. The normalized spacial score (nSPS) is 29.8. The van der Waals surface area contributed by atoms with E-state index < -0.39 is 10.0 Å². The van der Waals surface area contributed by atoms with Crippen LogP contribution in [-0.4, -0.2) is 34.3 Å². The maximum atomic E-state index is 10.7. The molecule has 1 aliphatic rings. The molecule has 72 valence electrons. The smallest absolute Gasteiger partial charge is 0.208 e. The average molecular weight is 192 g/mol. The molecule has 0 saturated heterocycles. The van der Waals surface area contributed by atoms with E-state index in [1.807, 2.05) is 7.05 Å². The average Bonchev–Trinajstić information content (AvgIpc) is 1.82. The van der Waals surface area contributed by atoms with Crippen molar-refractivity contribution in [2.45, 2.75) is 18.9 Å². The summed E-state index contributed by atoms with van der Waals surface area (Å²) in [5.41, 5.74) is 0. The van der Waals surface area contributed by atoms with Crippen LogP contribution in [0.15, 0.2) is 0 Å². The Labute approximate surface area is 73.8 Å². The van der Waals surface area contributed by atoms with Gasteiger partial charge < -0.3 is 5.32 Å². The maximum Gasteiger partial charge on any atom is 0.208 e. The lowest BCUT2D eigenvalue weighted by atomic mass is 9.80. The number of nitrogens with one attached hydrogen (secondary N) is 2. The molecule has 0 atom stereocenters. The Morgan fingerprint density at radius 2 is 2.00 bits per heavy atom. The summed E-state index contributed by atoms with van der Waals surface area (Å²) in [5, 5.41) is 3.15. The highest BCUT2D eigenvalue weighted by atomic mass is 32.2. The van der Waals surface area contributed by atoms with E-state index in [2.05, 4.69) is 10.0 Å². The first-order valence-corrected chi connectivity index (χ1v) is 6.02. The summed E-state index contributed by atoms with van der Waals surface area (Å²) >= 11 is 0. The number of hydrogen-bond donors (Lipinski definition) is 2. The van der Waals surface area contributed by atoms with E-state index >= 15 is 0 Å². The first kappa shape index (κ1) is 9.95. The van der Waals surface area contributed by atoms with Crippen LogP contribution < -0.4 is 10.0 Å². The van der Waals surface area contributed by atoms with Crippen LogP contribution in [0.3, 0.4) is 0 Å². The van der Waals surface area contributed by atoms with Gasteiger partial charge in [0.05, 0.1) is 6.26 Å². The molecule has 5 heteroatoms. The molecule has 4 nitrogen and oxygen atoms in total. The largest absolute Gasteiger partial charge is 0.317 e. The number of hydrogen-bond acceptors (Lipinski definition) is 3. The monoisotopic (exact) mass is 192 g/mol. The predicted octanol–water partition coefficient (Wildman–Crippen LogP) is -0.466.